The van der Waals surface area contributed by atoms with Gasteiger partial charge in [0, 0.05) is 6.04 Å². The number of aliphatic hydroxyl groups excluding tert-OH is 5. The van der Waals surface area contributed by atoms with Crippen LogP contribution >= 0.6 is 0 Å². The molecule has 0 aromatic heterocycles. The van der Waals surface area contributed by atoms with Crippen LogP contribution in [0.3, 0.4) is 0 Å². The van der Waals surface area contributed by atoms with Crippen LogP contribution in [-0.2, 0) is 4.74 Å². The summed E-state index contributed by atoms with van der Waals surface area (Å²) in [6.07, 6.45) is -5.01. The Morgan fingerprint density at radius 1 is 1.12 bits per heavy atom. The summed E-state index contributed by atoms with van der Waals surface area (Å²) in [5.41, 5.74) is 0. The van der Waals surface area contributed by atoms with Crippen LogP contribution in [-0.4, -0.2) is 75.4 Å². The molecule has 100 valence electrons. The topological polar surface area (TPSA) is 122 Å². The summed E-state index contributed by atoms with van der Waals surface area (Å²) in [4.78, 5) is 0. The second-order valence-corrected chi connectivity index (χ2v) is 4.64. The fraction of sp³-hybridized carbons (Fsp3) is 1.00. The summed E-state index contributed by atoms with van der Waals surface area (Å²) in [5.74, 6) is -0.815. The van der Waals surface area contributed by atoms with Gasteiger partial charge in [0.1, 0.15) is 12.2 Å². The zero-order valence-corrected chi connectivity index (χ0v) is 9.31. The maximum atomic E-state index is 9.94. The predicted octanol–water partition coefficient (Wildman–Crippen LogP) is -3.24. The normalized spacial score (nSPS) is 51.7. The molecule has 2 rings (SSSR count). The number of aliphatic hydroxyl groups is 5. The van der Waals surface area contributed by atoms with Gasteiger partial charge in [0.05, 0.1) is 24.7 Å². The van der Waals surface area contributed by atoms with E-state index in [1.807, 2.05) is 0 Å². The average Bonchev–Trinajstić information content (AvgIpc) is 2.70. The second kappa shape index (κ2) is 5.15. The monoisotopic (exact) mass is 249 g/mol. The molecule has 0 aliphatic carbocycles. The van der Waals surface area contributed by atoms with Crippen LogP contribution in [0.4, 0.5) is 0 Å². The molecule has 0 radical (unpaired) electrons. The highest BCUT2D eigenvalue weighted by molar-refractivity contribution is 4.98. The number of ether oxygens (including phenoxy) is 1. The van der Waals surface area contributed by atoms with Crippen molar-refractivity contribution in [3.8, 4) is 0 Å². The Kier molecular flexibility index (Phi) is 3.99. The van der Waals surface area contributed by atoms with Crippen molar-refractivity contribution in [3.05, 3.63) is 0 Å². The first kappa shape index (κ1) is 13.2. The number of hydrogen-bond acceptors (Lipinski definition) is 7. The van der Waals surface area contributed by atoms with Gasteiger partial charge in [-0.25, -0.2) is 0 Å². The Labute approximate surface area is 98.6 Å². The van der Waals surface area contributed by atoms with Gasteiger partial charge in [0.2, 0.25) is 0 Å². The van der Waals surface area contributed by atoms with Crippen LogP contribution in [0.2, 0.25) is 0 Å². The molecular weight excluding hydrogens is 230 g/mol. The van der Waals surface area contributed by atoms with E-state index in [1.54, 1.807) is 0 Å². The molecule has 2 aliphatic rings. The lowest BCUT2D eigenvalue weighted by Gasteiger charge is -2.43. The van der Waals surface area contributed by atoms with Gasteiger partial charge in [0.15, 0.2) is 6.29 Å². The molecular formula is C10H19NO6. The molecule has 0 aromatic carbocycles. The minimum atomic E-state index is -1.32. The molecule has 0 aromatic rings. The summed E-state index contributed by atoms with van der Waals surface area (Å²) in [5, 5.41) is 51.0. The van der Waals surface area contributed by atoms with Crippen molar-refractivity contribution in [3.63, 3.8) is 0 Å². The van der Waals surface area contributed by atoms with Crippen molar-refractivity contribution in [1.29, 1.82) is 0 Å². The van der Waals surface area contributed by atoms with E-state index in [0.717, 1.165) is 0 Å². The summed E-state index contributed by atoms with van der Waals surface area (Å²) in [6, 6.07) is -0.519. The molecule has 2 saturated heterocycles. The Balaban J connectivity index is 2.11. The van der Waals surface area contributed by atoms with Crippen molar-refractivity contribution in [2.45, 2.75) is 43.2 Å². The molecule has 7 atom stereocenters. The lowest BCUT2D eigenvalue weighted by atomic mass is 9.84. The number of nitrogens with one attached hydrogen (secondary N) is 1. The fourth-order valence-electron chi connectivity index (χ4n) is 2.61. The van der Waals surface area contributed by atoms with Crippen LogP contribution in [0, 0.1) is 5.92 Å². The first-order valence-electron chi connectivity index (χ1n) is 5.78. The van der Waals surface area contributed by atoms with Crippen molar-refractivity contribution >= 4 is 0 Å². The highest BCUT2D eigenvalue weighted by atomic mass is 16.6. The van der Waals surface area contributed by atoms with Gasteiger partial charge in [0.25, 0.3) is 0 Å². The lowest BCUT2D eigenvalue weighted by Crippen LogP contribution is -2.61. The Morgan fingerprint density at radius 2 is 1.82 bits per heavy atom. The maximum absolute atomic E-state index is 9.94. The van der Waals surface area contributed by atoms with E-state index < -0.39 is 49.3 Å². The summed E-state index contributed by atoms with van der Waals surface area (Å²) >= 11 is 0. The van der Waals surface area contributed by atoms with E-state index >= 15 is 0 Å². The van der Waals surface area contributed by atoms with Crippen LogP contribution in [0.5, 0.6) is 0 Å². The van der Waals surface area contributed by atoms with E-state index in [0.29, 0.717) is 13.0 Å². The highest BCUT2D eigenvalue weighted by Crippen LogP contribution is 2.30. The standard InChI is InChI=1S/C10H19NO6/c12-3-5-8(14)9(15)6(10(16)17-5)7-4(13)1-2-11-7/h4-16H,1-3H2/t4-,5+,6+,7-,8+,9+,10+/m0/s1. The van der Waals surface area contributed by atoms with Crippen LogP contribution in [0.1, 0.15) is 6.42 Å². The van der Waals surface area contributed by atoms with Gasteiger partial charge in [-0.15, -0.1) is 0 Å². The van der Waals surface area contributed by atoms with Gasteiger partial charge < -0.3 is 35.6 Å². The molecule has 0 spiro atoms. The molecule has 0 bridgehead atoms. The molecule has 7 heteroatoms. The zero-order valence-electron chi connectivity index (χ0n) is 9.31. The Bertz CT molecular complexity index is 265. The summed E-state index contributed by atoms with van der Waals surface area (Å²) < 4.78 is 5.04. The van der Waals surface area contributed by atoms with Gasteiger partial charge in [-0.05, 0) is 13.0 Å². The van der Waals surface area contributed by atoms with Crippen molar-refractivity contribution in [2.75, 3.05) is 13.2 Å². The molecule has 6 N–H and O–H groups in total. The van der Waals surface area contributed by atoms with Gasteiger partial charge in [-0.2, -0.15) is 0 Å². The first-order chi connectivity index (χ1) is 8.06. The summed E-state index contributed by atoms with van der Waals surface area (Å²) in [7, 11) is 0. The highest BCUT2D eigenvalue weighted by Gasteiger charge is 2.49. The van der Waals surface area contributed by atoms with Crippen molar-refractivity contribution < 1.29 is 30.3 Å². The summed E-state index contributed by atoms with van der Waals surface area (Å²) in [6.45, 7) is 0.101. The molecule has 7 nitrogen and oxygen atoms in total. The van der Waals surface area contributed by atoms with Crippen molar-refractivity contribution in [1.82, 2.24) is 5.32 Å². The Morgan fingerprint density at radius 3 is 2.35 bits per heavy atom. The van der Waals surface area contributed by atoms with E-state index in [2.05, 4.69) is 5.32 Å². The van der Waals surface area contributed by atoms with Crippen LogP contribution < -0.4 is 5.32 Å². The molecule has 17 heavy (non-hydrogen) atoms. The molecule has 2 heterocycles. The van der Waals surface area contributed by atoms with E-state index in [9.17, 15) is 20.4 Å². The number of hydrogen-bond donors (Lipinski definition) is 6. The third-order valence-corrected chi connectivity index (χ3v) is 3.60. The molecule has 0 saturated carbocycles. The fourth-order valence-corrected chi connectivity index (χ4v) is 2.61. The Hall–Kier alpha value is -0.280. The predicted molar refractivity (Wildman–Crippen MR) is 55.9 cm³/mol. The largest absolute Gasteiger partial charge is 0.394 e. The van der Waals surface area contributed by atoms with Gasteiger partial charge >= 0.3 is 0 Å². The van der Waals surface area contributed by atoms with Crippen LogP contribution in [0.25, 0.3) is 0 Å². The molecule has 0 amide bonds. The SMILES string of the molecule is OC[C@H]1O[C@@H](O)[C@H]([C@H]2NCC[C@@H]2O)[C@@H](O)[C@@H]1O. The third-order valence-electron chi connectivity index (χ3n) is 3.60. The van der Waals surface area contributed by atoms with Gasteiger partial charge in [-0.1, -0.05) is 0 Å². The van der Waals surface area contributed by atoms with E-state index in [-0.39, 0.29) is 0 Å². The minimum absolute atomic E-state index is 0.483. The smallest absolute Gasteiger partial charge is 0.162 e. The van der Waals surface area contributed by atoms with E-state index in [1.165, 1.54) is 0 Å². The zero-order chi connectivity index (χ0) is 12.6. The minimum Gasteiger partial charge on any atom is -0.394 e. The quantitative estimate of drug-likeness (QED) is 0.304. The van der Waals surface area contributed by atoms with E-state index in [4.69, 9.17) is 9.84 Å². The first-order valence-corrected chi connectivity index (χ1v) is 5.78. The average molecular weight is 249 g/mol. The molecule has 2 aliphatic heterocycles. The third kappa shape index (κ3) is 2.32. The molecule has 0 unspecified atom stereocenters. The molecule has 2 fully saturated rings. The maximum Gasteiger partial charge on any atom is 0.162 e. The van der Waals surface area contributed by atoms with Crippen LogP contribution in [0.15, 0.2) is 0 Å². The second-order valence-electron chi connectivity index (χ2n) is 4.64. The van der Waals surface area contributed by atoms with Crippen molar-refractivity contribution in [2.24, 2.45) is 5.92 Å². The lowest BCUT2D eigenvalue weighted by molar-refractivity contribution is -0.277. The van der Waals surface area contributed by atoms with Gasteiger partial charge in [-0.3, -0.25) is 0 Å². The number of rotatable bonds is 2.